The van der Waals surface area contributed by atoms with E-state index in [9.17, 15) is 4.39 Å². The second kappa shape index (κ2) is 10.6. The van der Waals surface area contributed by atoms with Gasteiger partial charge in [0.05, 0.1) is 13.2 Å². The van der Waals surface area contributed by atoms with Gasteiger partial charge < -0.3 is 24.8 Å². The van der Waals surface area contributed by atoms with E-state index < -0.39 is 0 Å². The first-order chi connectivity index (χ1) is 10.7. The number of benzene rings is 1. The topological polar surface area (TPSA) is 64.1 Å². The van der Waals surface area contributed by atoms with Gasteiger partial charge in [0.15, 0.2) is 12.8 Å². The summed E-state index contributed by atoms with van der Waals surface area (Å²) in [6.45, 7) is 2.48. The van der Waals surface area contributed by atoms with E-state index in [1.165, 1.54) is 12.1 Å². The number of aliphatic imine (C=N–C) groups is 1. The number of rotatable bonds is 6. The van der Waals surface area contributed by atoms with Gasteiger partial charge in [0.2, 0.25) is 0 Å². The molecule has 0 saturated carbocycles. The molecule has 6 nitrogen and oxygen atoms in total. The van der Waals surface area contributed by atoms with E-state index in [4.69, 9.17) is 14.2 Å². The van der Waals surface area contributed by atoms with Gasteiger partial charge in [-0.2, -0.15) is 0 Å². The second-order valence-electron chi connectivity index (χ2n) is 4.83. The molecule has 0 fully saturated rings. The van der Waals surface area contributed by atoms with Crippen molar-refractivity contribution in [2.45, 2.75) is 13.0 Å². The predicted molar refractivity (Wildman–Crippen MR) is 97.0 cm³/mol. The molecule has 0 aliphatic carbocycles. The van der Waals surface area contributed by atoms with Crippen LogP contribution in [0.1, 0.15) is 11.1 Å². The third-order valence-electron chi connectivity index (χ3n) is 3.26. The van der Waals surface area contributed by atoms with Crippen molar-refractivity contribution in [2.24, 2.45) is 4.99 Å². The highest BCUT2D eigenvalue weighted by molar-refractivity contribution is 14.0. The lowest BCUT2D eigenvalue weighted by Gasteiger charge is -2.21. The standard InChI is InChI=1S/C15H22FN3O3.HI/c1-17-15(19-5-6-20-2)18-4-3-11-7-13(16)8-12-9-21-10-22-14(11)12;/h7-8H,3-6,9-10H2,1-2H3,(H2,17,18,19);1H. The molecule has 0 unspecified atom stereocenters. The van der Waals surface area contributed by atoms with Crippen molar-refractivity contribution in [1.29, 1.82) is 0 Å². The molecule has 0 radical (unpaired) electrons. The van der Waals surface area contributed by atoms with Gasteiger partial charge in [0.25, 0.3) is 0 Å². The zero-order valence-electron chi connectivity index (χ0n) is 13.4. The van der Waals surface area contributed by atoms with Crippen LogP contribution in [-0.4, -0.2) is 46.6 Å². The molecule has 0 bridgehead atoms. The summed E-state index contributed by atoms with van der Waals surface area (Å²) in [6.07, 6.45) is 0.630. The summed E-state index contributed by atoms with van der Waals surface area (Å²) in [6, 6.07) is 2.96. The molecule has 1 aromatic carbocycles. The third kappa shape index (κ3) is 6.11. The fraction of sp³-hybridized carbons (Fsp3) is 0.533. The SMILES string of the molecule is CN=C(NCCOC)NCCc1cc(F)cc2c1OCOC2.I. The summed E-state index contributed by atoms with van der Waals surface area (Å²) >= 11 is 0. The highest BCUT2D eigenvalue weighted by Gasteiger charge is 2.16. The summed E-state index contributed by atoms with van der Waals surface area (Å²) in [7, 11) is 3.35. The molecule has 1 aliphatic rings. The Balaban J connectivity index is 0.00000264. The minimum atomic E-state index is -0.273. The van der Waals surface area contributed by atoms with Gasteiger partial charge in [0, 0.05) is 32.8 Å². The van der Waals surface area contributed by atoms with Crippen LogP contribution in [0.3, 0.4) is 0 Å². The zero-order chi connectivity index (χ0) is 15.8. The Kier molecular flexibility index (Phi) is 9.19. The lowest BCUT2D eigenvalue weighted by molar-refractivity contribution is -0.0172. The molecule has 0 aromatic heterocycles. The Morgan fingerprint density at radius 3 is 2.87 bits per heavy atom. The maximum atomic E-state index is 13.6. The van der Waals surface area contributed by atoms with Crippen LogP contribution in [0.25, 0.3) is 0 Å². The first-order valence-electron chi connectivity index (χ1n) is 7.20. The maximum Gasteiger partial charge on any atom is 0.191 e. The minimum Gasteiger partial charge on any atom is -0.467 e. The van der Waals surface area contributed by atoms with Crippen molar-refractivity contribution >= 4 is 29.9 Å². The summed E-state index contributed by atoms with van der Waals surface area (Å²) in [5.41, 5.74) is 1.59. The monoisotopic (exact) mass is 439 g/mol. The molecule has 8 heteroatoms. The van der Waals surface area contributed by atoms with Crippen LogP contribution in [0.2, 0.25) is 0 Å². The van der Waals surface area contributed by atoms with E-state index in [1.807, 2.05) is 0 Å². The van der Waals surface area contributed by atoms with Gasteiger partial charge in [-0.25, -0.2) is 4.39 Å². The van der Waals surface area contributed by atoms with Crippen LogP contribution in [0.4, 0.5) is 4.39 Å². The zero-order valence-corrected chi connectivity index (χ0v) is 15.7. The van der Waals surface area contributed by atoms with Gasteiger partial charge in [-0.05, 0) is 24.1 Å². The van der Waals surface area contributed by atoms with Crippen molar-refractivity contribution in [2.75, 3.05) is 40.6 Å². The number of hydrogen-bond acceptors (Lipinski definition) is 4. The molecular formula is C15H23FIN3O3. The van der Waals surface area contributed by atoms with Crippen molar-refractivity contribution < 1.29 is 18.6 Å². The fourth-order valence-electron chi connectivity index (χ4n) is 2.25. The summed E-state index contributed by atoms with van der Waals surface area (Å²) in [4.78, 5) is 4.11. The number of methoxy groups -OCH3 is 1. The van der Waals surface area contributed by atoms with Crippen molar-refractivity contribution in [3.63, 3.8) is 0 Å². The van der Waals surface area contributed by atoms with E-state index in [0.717, 1.165) is 16.9 Å². The number of guanidine groups is 1. The molecule has 2 rings (SSSR count). The Hall–Kier alpha value is -1.13. The van der Waals surface area contributed by atoms with Gasteiger partial charge in [0.1, 0.15) is 11.6 Å². The Labute approximate surface area is 152 Å². The average molecular weight is 439 g/mol. The third-order valence-corrected chi connectivity index (χ3v) is 3.26. The molecule has 0 atom stereocenters. The summed E-state index contributed by atoms with van der Waals surface area (Å²) in [5.74, 6) is 1.15. The van der Waals surface area contributed by atoms with E-state index in [1.54, 1.807) is 14.2 Å². The van der Waals surface area contributed by atoms with Crippen molar-refractivity contribution in [1.82, 2.24) is 10.6 Å². The van der Waals surface area contributed by atoms with Gasteiger partial charge >= 0.3 is 0 Å². The number of hydrogen-bond donors (Lipinski definition) is 2. The number of fused-ring (bicyclic) bond motifs is 1. The fourth-order valence-corrected chi connectivity index (χ4v) is 2.25. The smallest absolute Gasteiger partial charge is 0.191 e. The van der Waals surface area contributed by atoms with Crippen LogP contribution < -0.4 is 15.4 Å². The number of nitrogens with one attached hydrogen (secondary N) is 2. The first kappa shape index (κ1) is 19.9. The summed E-state index contributed by atoms with van der Waals surface area (Å²) in [5, 5.41) is 6.30. The minimum absolute atomic E-state index is 0. The van der Waals surface area contributed by atoms with Crippen molar-refractivity contribution in [3.05, 3.63) is 29.1 Å². The quantitative estimate of drug-likeness (QED) is 0.306. The van der Waals surface area contributed by atoms with Crippen LogP contribution in [-0.2, 0) is 22.5 Å². The number of nitrogens with zero attached hydrogens (tertiary/aromatic N) is 1. The Bertz CT molecular complexity index is 529. The van der Waals surface area contributed by atoms with Crippen LogP contribution in [0.5, 0.6) is 5.75 Å². The largest absolute Gasteiger partial charge is 0.467 e. The molecule has 1 aliphatic heterocycles. The Morgan fingerprint density at radius 2 is 2.13 bits per heavy atom. The maximum absolute atomic E-state index is 13.6. The molecule has 1 aromatic rings. The molecule has 1 heterocycles. The molecule has 2 N–H and O–H groups in total. The van der Waals surface area contributed by atoms with Crippen molar-refractivity contribution in [3.8, 4) is 5.75 Å². The molecule has 0 spiro atoms. The molecule has 23 heavy (non-hydrogen) atoms. The second-order valence-corrected chi connectivity index (χ2v) is 4.83. The van der Waals surface area contributed by atoms with Gasteiger partial charge in [-0.15, -0.1) is 24.0 Å². The highest BCUT2D eigenvalue weighted by atomic mass is 127. The van der Waals surface area contributed by atoms with E-state index in [0.29, 0.717) is 38.7 Å². The lowest BCUT2D eigenvalue weighted by atomic mass is 10.1. The lowest BCUT2D eigenvalue weighted by Crippen LogP contribution is -2.39. The molecule has 0 saturated heterocycles. The Morgan fingerprint density at radius 1 is 1.35 bits per heavy atom. The number of halogens is 2. The normalized spacial score (nSPS) is 13.6. The van der Waals surface area contributed by atoms with E-state index >= 15 is 0 Å². The van der Waals surface area contributed by atoms with E-state index in [2.05, 4.69) is 15.6 Å². The summed E-state index contributed by atoms with van der Waals surface area (Å²) < 4.78 is 29.3. The predicted octanol–water partition coefficient (Wildman–Crippen LogP) is 1.66. The molecule has 0 amide bonds. The molecule has 130 valence electrons. The van der Waals surface area contributed by atoms with Crippen LogP contribution >= 0.6 is 24.0 Å². The van der Waals surface area contributed by atoms with Crippen LogP contribution in [0.15, 0.2) is 17.1 Å². The highest BCUT2D eigenvalue weighted by Crippen LogP contribution is 2.29. The van der Waals surface area contributed by atoms with E-state index in [-0.39, 0.29) is 36.6 Å². The average Bonchev–Trinajstić information content (AvgIpc) is 2.53. The first-order valence-corrected chi connectivity index (χ1v) is 7.20. The number of ether oxygens (including phenoxy) is 3. The van der Waals surface area contributed by atoms with Gasteiger partial charge in [-0.3, -0.25) is 4.99 Å². The molecular weight excluding hydrogens is 416 g/mol. The van der Waals surface area contributed by atoms with Gasteiger partial charge in [-0.1, -0.05) is 0 Å². The van der Waals surface area contributed by atoms with Crippen LogP contribution in [0, 0.1) is 5.82 Å².